The van der Waals surface area contributed by atoms with Gasteiger partial charge in [0.1, 0.15) is 0 Å². The Hall–Kier alpha value is -1.42. The molecule has 0 fully saturated rings. The van der Waals surface area contributed by atoms with E-state index in [2.05, 4.69) is 0 Å². The van der Waals surface area contributed by atoms with Gasteiger partial charge in [-0.15, -0.1) is 0 Å². The van der Waals surface area contributed by atoms with E-state index in [-0.39, 0.29) is 11.2 Å². The Morgan fingerprint density at radius 1 is 1.33 bits per heavy atom. The Bertz CT molecular complexity index is 618. The predicted molar refractivity (Wildman–Crippen MR) is 83.9 cm³/mol. The molecular weight excluding hydrogens is 286 g/mol. The minimum absolute atomic E-state index is 0.161. The van der Waals surface area contributed by atoms with E-state index in [4.69, 9.17) is 11.0 Å². The molecule has 1 aromatic rings. The van der Waals surface area contributed by atoms with Gasteiger partial charge in [-0.25, -0.2) is 12.7 Å². The topological polar surface area (TPSA) is 87.2 Å². The maximum absolute atomic E-state index is 12.6. The largest absolute Gasteiger partial charge is 0.330 e. The van der Waals surface area contributed by atoms with Crippen LogP contribution in [0.3, 0.4) is 0 Å². The fourth-order valence-electron chi connectivity index (χ4n) is 1.99. The molecule has 21 heavy (non-hydrogen) atoms. The molecule has 5 nitrogen and oxygen atoms in total. The van der Waals surface area contributed by atoms with Crippen LogP contribution in [0.5, 0.6) is 0 Å². The van der Waals surface area contributed by atoms with E-state index in [0.717, 1.165) is 0 Å². The molecule has 0 aliphatic carbocycles. The van der Waals surface area contributed by atoms with Gasteiger partial charge in [-0.1, -0.05) is 39.0 Å². The number of sulfonamides is 1. The van der Waals surface area contributed by atoms with E-state index in [9.17, 15) is 8.42 Å². The van der Waals surface area contributed by atoms with Gasteiger partial charge in [0.15, 0.2) is 0 Å². The lowest BCUT2D eigenvalue weighted by Gasteiger charge is -2.30. The summed E-state index contributed by atoms with van der Waals surface area (Å²) in [5, 5.41) is 9.06. The highest BCUT2D eigenvalue weighted by molar-refractivity contribution is 7.88. The van der Waals surface area contributed by atoms with Gasteiger partial charge in [0.05, 0.1) is 17.4 Å². The quantitative estimate of drug-likeness (QED) is 0.830. The number of nitrogens with two attached hydrogens (primary N) is 1. The van der Waals surface area contributed by atoms with E-state index in [1.165, 1.54) is 4.31 Å². The molecule has 0 amide bonds. The second kappa shape index (κ2) is 7.03. The molecule has 0 atom stereocenters. The van der Waals surface area contributed by atoms with E-state index >= 15 is 0 Å². The highest BCUT2D eigenvalue weighted by Gasteiger charge is 2.28. The van der Waals surface area contributed by atoms with Gasteiger partial charge < -0.3 is 5.73 Å². The number of hydrogen-bond donors (Lipinski definition) is 1. The zero-order chi connectivity index (χ0) is 16.1. The van der Waals surface area contributed by atoms with E-state index in [1.54, 1.807) is 31.2 Å². The summed E-state index contributed by atoms with van der Waals surface area (Å²) in [5.41, 5.74) is 6.34. The first-order valence-corrected chi connectivity index (χ1v) is 8.52. The molecule has 0 aliphatic heterocycles. The molecule has 0 unspecified atom stereocenters. The molecule has 0 radical (unpaired) electrons. The van der Waals surface area contributed by atoms with E-state index < -0.39 is 10.0 Å². The van der Waals surface area contributed by atoms with Crippen molar-refractivity contribution in [1.82, 2.24) is 4.31 Å². The minimum atomic E-state index is -3.47. The molecule has 0 aromatic heterocycles. The zero-order valence-corrected chi connectivity index (χ0v) is 13.7. The van der Waals surface area contributed by atoms with Crippen LogP contribution in [0.4, 0.5) is 0 Å². The Balaban J connectivity index is 3.01. The Kier molecular flexibility index (Phi) is 5.90. The zero-order valence-electron chi connectivity index (χ0n) is 12.8. The summed E-state index contributed by atoms with van der Waals surface area (Å²) in [5.74, 6) is -0.161. The molecule has 1 aromatic carbocycles. The van der Waals surface area contributed by atoms with Gasteiger partial charge in [0, 0.05) is 13.1 Å². The molecule has 2 N–H and O–H groups in total. The molecule has 116 valence electrons. The van der Waals surface area contributed by atoms with Crippen LogP contribution in [0.2, 0.25) is 0 Å². The SMILES string of the molecule is CCN(CC(C)(C)CN)S(=O)(=O)Cc1ccccc1C#N. The van der Waals surface area contributed by atoms with Crippen LogP contribution in [-0.4, -0.2) is 32.4 Å². The monoisotopic (exact) mass is 309 g/mol. The number of nitriles is 1. The van der Waals surface area contributed by atoms with Crippen LogP contribution >= 0.6 is 0 Å². The van der Waals surface area contributed by atoms with Gasteiger partial charge in [-0.05, 0) is 23.6 Å². The molecule has 1 rings (SSSR count). The van der Waals surface area contributed by atoms with Crippen molar-refractivity contribution in [2.45, 2.75) is 26.5 Å². The van der Waals surface area contributed by atoms with Crippen LogP contribution in [0.1, 0.15) is 31.9 Å². The van der Waals surface area contributed by atoms with Crippen molar-refractivity contribution in [2.75, 3.05) is 19.6 Å². The van der Waals surface area contributed by atoms with E-state index in [0.29, 0.717) is 30.8 Å². The van der Waals surface area contributed by atoms with Crippen molar-refractivity contribution in [3.63, 3.8) is 0 Å². The second-order valence-corrected chi connectivity index (χ2v) is 7.79. The lowest BCUT2D eigenvalue weighted by molar-refractivity contribution is 0.272. The van der Waals surface area contributed by atoms with Crippen LogP contribution in [-0.2, 0) is 15.8 Å². The third kappa shape index (κ3) is 4.81. The molecule has 0 bridgehead atoms. The summed E-state index contributed by atoms with van der Waals surface area (Å²) in [6, 6.07) is 8.81. The van der Waals surface area contributed by atoms with Crippen LogP contribution < -0.4 is 5.73 Å². The summed E-state index contributed by atoms with van der Waals surface area (Å²) >= 11 is 0. The molecule has 0 saturated heterocycles. The fraction of sp³-hybridized carbons (Fsp3) is 0.533. The van der Waals surface area contributed by atoms with Crippen molar-refractivity contribution in [3.05, 3.63) is 35.4 Å². The highest BCUT2D eigenvalue weighted by atomic mass is 32.2. The summed E-state index contributed by atoms with van der Waals surface area (Å²) in [7, 11) is -3.47. The van der Waals surface area contributed by atoms with Crippen molar-refractivity contribution < 1.29 is 8.42 Å². The summed E-state index contributed by atoms with van der Waals surface area (Å²) in [6.45, 7) is 6.86. The van der Waals surface area contributed by atoms with Crippen LogP contribution in [0.25, 0.3) is 0 Å². The van der Waals surface area contributed by atoms with Crippen LogP contribution in [0.15, 0.2) is 24.3 Å². The number of benzene rings is 1. The average molecular weight is 309 g/mol. The maximum Gasteiger partial charge on any atom is 0.218 e. The molecular formula is C15H23N3O2S. The fourth-order valence-corrected chi connectivity index (χ4v) is 3.76. The van der Waals surface area contributed by atoms with Gasteiger partial charge in [-0.2, -0.15) is 5.26 Å². The highest BCUT2D eigenvalue weighted by Crippen LogP contribution is 2.20. The summed E-state index contributed by atoms with van der Waals surface area (Å²) in [4.78, 5) is 0. The molecule has 6 heteroatoms. The van der Waals surface area contributed by atoms with Crippen molar-refractivity contribution in [3.8, 4) is 6.07 Å². The first-order chi connectivity index (χ1) is 9.75. The lowest BCUT2D eigenvalue weighted by atomic mass is 9.94. The third-order valence-corrected chi connectivity index (χ3v) is 5.23. The predicted octanol–water partition coefficient (Wildman–Crippen LogP) is 1.69. The normalized spacial score (nSPS) is 12.4. The number of nitrogens with zero attached hydrogens (tertiary/aromatic N) is 2. The molecule has 0 spiro atoms. The van der Waals surface area contributed by atoms with Gasteiger partial charge >= 0.3 is 0 Å². The van der Waals surface area contributed by atoms with Gasteiger partial charge in [-0.3, -0.25) is 0 Å². The first-order valence-electron chi connectivity index (χ1n) is 6.91. The molecule has 0 heterocycles. The standard InChI is InChI=1S/C15H23N3O2S/c1-4-18(12-15(2,3)11-17)21(19,20)10-14-8-6-5-7-13(14)9-16/h5-8H,4,10-12,17H2,1-3H3. The van der Waals surface area contributed by atoms with Crippen molar-refractivity contribution >= 4 is 10.0 Å². The van der Waals surface area contributed by atoms with Crippen molar-refractivity contribution in [1.29, 1.82) is 5.26 Å². The smallest absolute Gasteiger partial charge is 0.218 e. The average Bonchev–Trinajstić information content (AvgIpc) is 2.44. The molecule has 0 aliphatic rings. The summed E-state index contributed by atoms with van der Waals surface area (Å²) < 4.78 is 26.6. The van der Waals surface area contributed by atoms with Gasteiger partial charge in [0.2, 0.25) is 10.0 Å². The Morgan fingerprint density at radius 3 is 2.48 bits per heavy atom. The first kappa shape index (κ1) is 17.6. The molecule has 0 saturated carbocycles. The number of hydrogen-bond acceptors (Lipinski definition) is 4. The minimum Gasteiger partial charge on any atom is -0.330 e. The van der Waals surface area contributed by atoms with Crippen molar-refractivity contribution in [2.24, 2.45) is 11.1 Å². The Labute approximate surface area is 127 Å². The van der Waals surface area contributed by atoms with E-state index in [1.807, 2.05) is 19.9 Å². The summed E-state index contributed by atoms with van der Waals surface area (Å²) in [6.07, 6.45) is 0. The van der Waals surface area contributed by atoms with Gasteiger partial charge in [0.25, 0.3) is 0 Å². The number of rotatable bonds is 7. The third-order valence-electron chi connectivity index (χ3n) is 3.38. The second-order valence-electron chi connectivity index (χ2n) is 5.82. The van der Waals surface area contributed by atoms with Crippen LogP contribution in [0, 0.1) is 16.7 Å². The maximum atomic E-state index is 12.6. The Morgan fingerprint density at radius 2 is 1.95 bits per heavy atom. The lowest BCUT2D eigenvalue weighted by Crippen LogP contribution is -2.42.